The van der Waals surface area contributed by atoms with Gasteiger partial charge in [-0.3, -0.25) is 13.9 Å². The van der Waals surface area contributed by atoms with Crippen molar-refractivity contribution in [1.82, 2.24) is 10.2 Å². The summed E-state index contributed by atoms with van der Waals surface area (Å²) >= 11 is 19.0. The number of hydrogen-bond acceptors (Lipinski definition) is 4. The van der Waals surface area contributed by atoms with Crippen LogP contribution in [0.25, 0.3) is 0 Å². The van der Waals surface area contributed by atoms with Crippen molar-refractivity contribution >= 4 is 62.3 Å². The van der Waals surface area contributed by atoms with Crippen LogP contribution in [0, 0.1) is 13.8 Å². The van der Waals surface area contributed by atoms with Gasteiger partial charge < -0.3 is 10.2 Å². The van der Waals surface area contributed by atoms with Gasteiger partial charge in [0.1, 0.15) is 12.6 Å². The SMILES string of the molecule is CC[C@H](C)NC(=O)[C@H](CC)N(Cc1ccc(Cl)cc1Cl)C(=O)CN(c1cccc(Cl)c1C)S(=O)(=O)c1ccc(C)cc1. The molecule has 0 unspecified atom stereocenters. The zero-order valence-electron chi connectivity index (χ0n) is 24.3. The minimum Gasteiger partial charge on any atom is -0.352 e. The second kappa shape index (κ2) is 14.6. The molecule has 2 atom stereocenters. The van der Waals surface area contributed by atoms with E-state index in [4.69, 9.17) is 34.8 Å². The molecule has 0 aromatic heterocycles. The molecule has 2 amide bonds. The van der Waals surface area contributed by atoms with Gasteiger partial charge in [0.05, 0.1) is 10.6 Å². The number of nitrogens with zero attached hydrogens (tertiary/aromatic N) is 2. The minimum absolute atomic E-state index is 0.0223. The predicted octanol–water partition coefficient (Wildman–Crippen LogP) is 7.18. The van der Waals surface area contributed by atoms with E-state index in [1.165, 1.54) is 17.0 Å². The number of amides is 2. The highest BCUT2D eigenvalue weighted by Crippen LogP contribution is 2.32. The van der Waals surface area contributed by atoms with Crippen LogP contribution in [-0.2, 0) is 26.2 Å². The molecule has 3 aromatic rings. The molecule has 0 aliphatic heterocycles. The van der Waals surface area contributed by atoms with Crippen molar-refractivity contribution in [3.63, 3.8) is 0 Å². The molecule has 0 fully saturated rings. The van der Waals surface area contributed by atoms with Crippen molar-refractivity contribution in [3.05, 3.63) is 92.4 Å². The van der Waals surface area contributed by atoms with Crippen molar-refractivity contribution in [1.29, 1.82) is 0 Å². The number of halogens is 3. The van der Waals surface area contributed by atoms with E-state index in [-0.39, 0.29) is 29.1 Å². The van der Waals surface area contributed by atoms with Crippen LogP contribution in [0.15, 0.2) is 65.6 Å². The van der Waals surface area contributed by atoms with Gasteiger partial charge in [0.15, 0.2) is 0 Å². The summed E-state index contributed by atoms with van der Waals surface area (Å²) in [5.74, 6) is -0.917. The normalized spacial score (nSPS) is 12.9. The summed E-state index contributed by atoms with van der Waals surface area (Å²) in [6.45, 7) is 8.57. The number of benzene rings is 3. The molecular weight excluding hydrogens is 617 g/mol. The van der Waals surface area contributed by atoms with Gasteiger partial charge in [-0.15, -0.1) is 0 Å². The van der Waals surface area contributed by atoms with Gasteiger partial charge in [0, 0.05) is 27.7 Å². The molecule has 226 valence electrons. The molecule has 0 spiro atoms. The first-order chi connectivity index (χ1) is 19.8. The zero-order chi connectivity index (χ0) is 31.2. The quantitative estimate of drug-likeness (QED) is 0.225. The van der Waals surface area contributed by atoms with Crippen molar-refractivity contribution in [3.8, 4) is 0 Å². The van der Waals surface area contributed by atoms with E-state index in [1.807, 2.05) is 20.8 Å². The molecule has 3 rings (SSSR count). The Morgan fingerprint density at radius 1 is 0.905 bits per heavy atom. The molecule has 42 heavy (non-hydrogen) atoms. The summed E-state index contributed by atoms with van der Waals surface area (Å²) < 4.78 is 29.2. The van der Waals surface area contributed by atoms with Crippen LogP contribution in [0.5, 0.6) is 0 Å². The van der Waals surface area contributed by atoms with Crippen LogP contribution in [0.2, 0.25) is 15.1 Å². The Hall–Kier alpha value is -2.78. The molecule has 0 heterocycles. The fourth-order valence-corrected chi connectivity index (χ4v) is 6.52. The molecule has 3 aromatic carbocycles. The first-order valence-electron chi connectivity index (χ1n) is 13.7. The lowest BCUT2D eigenvalue weighted by Crippen LogP contribution is -2.53. The molecule has 7 nitrogen and oxygen atoms in total. The number of carbonyl (C=O) groups is 2. The van der Waals surface area contributed by atoms with Gasteiger partial charge >= 0.3 is 0 Å². The lowest BCUT2D eigenvalue weighted by atomic mass is 10.1. The summed E-state index contributed by atoms with van der Waals surface area (Å²) in [7, 11) is -4.22. The van der Waals surface area contributed by atoms with Gasteiger partial charge in [0.2, 0.25) is 11.8 Å². The third-order valence-electron chi connectivity index (χ3n) is 7.14. The zero-order valence-corrected chi connectivity index (χ0v) is 27.4. The van der Waals surface area contributed by atoms with Crippen molar-refractivity contribution in [2.24, 2.45) is 0 Å². The Kier molecular flexibility index (Phi) is 11.7. The summed E-state index contributed by atoms with van der Waals surface area (Å²) in [5, 5.41) is 4.06. The molecular formula is C31H36Cl3N3O4S. The number of rotatable bonds is 12. The maximum absolute atomic E-state index is 14.2. The first-order valence-corrected chi connectivity index (χ1v) is 16.3. The van der Waals surface area contributed by atoms with Crippen LogP contribution in [0.1, 0.15) is 50.3 Å². The highest BCUT2D eigenvalue weighted by atomic mass is 35.5. The summed E-state index contributed by atoms with van der Waals surface area (Å²) in [6.07, 6.45) is 0.996. The topological polar surface area (TPSA) is 86.8 Å². The van der Waals surface area contributed by atoms with E-state index in [2.05, 4.69) is 5.32 Å². The lowest BCUT2D eigenvalue weighted by Gasteiger charge is -2.34. The number of nitrogens with one attached hydrogen (secondary N) is 1. The highest BCUT2D eigenvalue weighted by molar-refractivity contribution is 7.92. The molecule has 11 heteroatoms. The van der Waals surface area contributed by atoms with E-state index in [1.54, 1.807) is 62.4 Å². The molecule has 0 aliphatic rings. The Bertz CT molecular complexity index is 1530. The van der Waals surface area contributed by atoms with Crippen LogP contribution >= 0.6 is 34.8 Å². The fourth-order valence-electron chi connectivity index (χ4n) is 4.41. The fraction of sp³-hybridized carbons (Fsp3) is 0.355. The second-order valence-corrected chi connectivity index (χ2v) is 13.3. The van der Waals surface area contributed by atoms with Crippen molar-refractivity contribution in [2.45, 2.75) is 71.0 Å². The Balaban J connectivity index is 2.13. The van der Waals surface area contributed by atoms with Gasteiger partial charge in [-0.1, -0.05) is 78.5 Å². The number of carbonyl (C=O) groups excluding carboxylic acids is 2. The predicted molar refractivity (Wildman–Crippen MR) is 171 cm³/mol. The van der Waals surface area contributed by atoms with Gasteiger partial charge in [-0.2, -0.15) is 0 Å². The monoisotopic (exact) mass is 651 g/mol. The number of aryl methyl sites for hydroxylation is 1. The highest BCUT2D eigenvalue weighted by Gasteiger charge is 2.35. The molecule has 0 saturated heterocycles. The number of hydrogen-bond donors (Lipinski definition) is 1. The Morgan fingerprint density at radius 2 is 1.57 bits per heavy atom. The van der Waals surface area contributed by atoms with E-state index in [0.717, 1.165) is 9.87 Å². The van der Waals surface area contributed by atoms with Crippen LogP contribution in [0.4, 0.5) is 5.69 Å². The summed E-state index contributed by atoms with van der Waals surface area (Å²) in [6, 6.07) is 15.2. The molecule has 0 bridgehead atoms. The molecule has 0 aliphatic carbocycles. The van der Waals surface area contributed by atoms with E-state index < -0.39 is 28.5 Å². The molecule has 0 saturated carbocycles. The third kappa shape index (κ3) is 7.98. The summed E-state index contributed by atoms with van der Waals surface area (Å²) in [4.78, 5) is 29.1. The van der Waals surface area contributed by atoms with E-state index in [9.17, 15) is 18.0 Å². The second-order valence-electron chi connectivity index (χ2n) is 10.2. The first kappa shape index (κ1) is 33.7. The van der Waals surface area contributed by atoms with Crippen molar-refractivity contribution in [2.75, 3.05) is 10.8 Å². The van der Waals surface area contributed by atoms with Crippen LogP contribution in [0.3, 0.4) is 0 Å². The number of anilines is 1. The third-order valence-corrected chi connectivity index (χ3v) is 9.91. The van der Waals surface area contributed by atoms with Gasteiger partial charge in [0.25, 0.3) is 10.0 Å². The standard InChI is InChI=1S/C31H36Cl3N3O4S/c1-6-21(4)35-31(39)28(7-2)36(18-23-13-14-24(32)17-27(23)34)30(38)19-37(29-10-8-9-26(33)22(29)5)42(40,41)25-15-11-20(3)12-16-25/h8-17,21,28H,6-7,18-19H2,1-5H3,(H,35,39)/t21-,28-/m0/s1. The van der Waals surface area contributed by atoms with Crippen LogP contribution in [-0.4, -0.2) is 43.8 Å². The van der Waals surface area contributed by atoms with Crippen molar-refractivity contribution < 1.29 is 18.0 Å². The maximum Gasteiger partial charge on any atom is 0.264 e. The van der Waals surface area contributed by atoms with Gasteiger partial charge in [-0.25, -0.2) is 8.42 Å². The largest absolute Gasteiger partial charge is 0.352 e. The number of sulfonamides is 1. The average Bonchev–Trinajstić information content (AvgIpc) is 2.94. The van der Waals surface area contributed by atoms with Crippen LogP contribution < -0.4 is 9.62 Å². The molecule has 1 N–H and O–H groups in total. The minimum atomic E-state index is -4.22. The maximum atomic E-state index is 14.2. The Morgan fingerprint density at radius 3 is 2.17 bits per heavy atom. The average molecular weight is 653 g/mol. The smallest absolute Gasteiger partial charge is 0.264 e. The lowest BCUT2D eigenvalue weighted by molar-refractivity contribution is -0.140. The van der Waals surface area contributed by atoms with E-state index >= 15 is 0 Å². The molecule has 0 radical (unpaired) electrons. The van der Waals surface area contributed by atoms with E-state index in [0.29, 0.717) is 39.0 Å². The Labute approximate surface area is 263 Å². The van der Waals surface area contributed by atoms with Gasteiger partial charge in [-0.05, 0) is 81.1 Å². The summed E-state index contributed by atoms with van der Waals surface area (Å²) in [5.41, 5.74) is 2.21.